The highest BCUT2D eigenvalue weighted by molar-refractivity contribution is 6.00. The van der Waals surface area contributed by atoms with Gasteiger partial charge < -0.3 is 19.1 Å². The Labute approximate surface area is 246 Å². The zero-order valence-electron chi connectivity index (χ0n) is 26.8. The Morgan fingerprint density at radius 2 is 1.71 bits per heavy atom. The largest absolute Gasteiger partial charge is 0.496 e. The van der Waals surface area contributed by atoms with Crippen molar-refractivity contribution in [2.45, 2.75) is 106 Å². The number of hydrogen-bond acceptors (Lipinski definition) is 5. The second-order valence-electron chi connectivity index (χ2n) is 9.95. The molecule has 3 rings (SSSR count). The zero-order chi connectivity index (χ0) is 31.2. The van der Waals surface area contributed by atoms with E-state index < -0.39 is 18.0 Å². The third kappa shape index (κ3) is 9.84. The second-order valence-corrected chi connectivity index (χ2v) is 9.95. The van der Waals surface area contributed by atoms with Crippen molar-refractivity contribution in [1.82, 2.24) is 4.90 Å². The van der Waals surface area contributed by atoms with Crippen LogP contribution in [0.4, 0.5) is 8.78 Å². The Morgan fingerprint density at radius 1 is 1.12 bits per heavy atom. The fourth-order valence-corrected chi connectivity index (χ4v) is 4.58. The van der Waals surface area contributed by atoms with Crippen molar-refractivity contribution < 1.29 is 27.8 Å². The van der Waals surface area contributed by atoms with Gasteiger partial charge in [0.15, 0.2) is 5.78 Å². The average molecular weight is 576 g/mol. The summed E-state index contributed by atoms with van der Waals surface area (Å²) < 4.78 is 42.4. The standard InChI is InChI=1S/C28H37F2NO4.C4H8.C2H6/c1-8-12-13-22-18-21(28(10-3,11-4)34-7)14-15-31(22)23(9-2)20-16-24(33-6)26(19(5)32)25(17-20)35-27(29)30;1-4-2-3-4;1-2/h9,13-18,27H,8,10-12H2,1-7H3;4H,2-3H2,1H3;1-2H3/b22-13+,23-9-;;. The molecule has 5 nitrogen and oxygen atoms in total. The van der Waals surface area contributed by atoms with Gasteiger partial charge in [-0.25, -0.2) is 0 Å². The summed E-state index contributed by atoms with van der Waals surface area (Å²) in [6, 6.07) is 3.13. The number of ketones is 1. The summed E-state index contributed by atoms with van der Waals surface area (Å²) in [7, 11) is 3.13. The average Bonchev–Trinajstić information content (AvgIpc) is 3.76. The van der Waals surface area contributed by atoms with Gasteiger partial charge in [0.05, 0.1) is 12.7 Å². The van der Waals surface area contributed by atoms with Crippen LogP contribution in [-0.2, 0) is 4.74 Å². The molecule has 0 saturated heterocycles. The van der Waals surface area contributed by atoms with Gasteiger partial charge in [-0.1, -0.05) is 73.0 Å². The highest BCUT2D eigenvalue weighted by Gasteiger charge is 2.32. The molecule has 1 fully saturated rings. The summed E-state index contributed by atoms with van der Waals surface area (Å²) in [6.07, 6.45) is 16.6. The lowest BCUT2D eigenvalue weighted by molar-refractivity contribution is -0.0502. The van der Waals surface area contributed by atoms with Gasteiger partial charge in [-0.2, -0.15) is 8.78 Å². The molecule has 0 bridgehead atoms. The van der Waals surface area contributed by atoms with E-state index in [2.05, 4.69) is 39.8 Å². The zero-order valence-corrected chi connectivity index (χ0v) is 26.8. The van der Waals surface area contributed by atoms with E-state index in [4.69, 9.17) is 14.2 Å². The topological polar surface area (TPSA) is 48.0 Å². The highest BCUT2D eigenvalue weighted by Crippen LogP contribution is 2.40. The summed E-state index contributed by atoms with van der Waals surface area (Å²) in [6.45, 7) is 12.7. The molecule has 1 aliphatic heterocycles. The van der Waals surface area contributed by atoms with Gasteiger partial charge in [-0.3, -0.25) is 4.79 Å². The Hall–Kier alpha value is -2.93. The molecule has 0 unspecified atom stereocenters. The minimum atomic E-state index is -3.08. The fourth-order valence-electron chi connectivity index (χ4n) is 4.58. The van der Waals surface area contributed by atoms with Gasteiger partial charge in [0.2, 0.25) is 0 Å². The van der Waals surface area contributed by atoms with Crippen LogP contribution in [-0.4, -0.2) is 37.1 Å². The number of methoxy groups -OCH3 is 2. The first-order chi connectivity index (χ1) is 19.6. The highest BCUT2D eigenvalue weighted by atomic mass is 19.3. The molecule has 0 N–H and O–H groups in total. The molecule has 7 heteroatoms. The first-order valence-electron chi connectivity index (χ1n) is 14.9. The van der Waals surface area contributed by atoms with Gasteiger partial charge in [0.25, 0.3) is 0 Å². The van der Waals surface area contributed by atoms with E-state index >= 15 is 0 Å². The number of carbonyl (C=O) groups is 1. The number of unbranched alkanes of at least 4 members (excludes halogenated alkanes) is 1. The molecule has 0 radical (unpaired) electrons. The molecule has 1 heterocycles. The van der Waals surface area contributed by atoms with E-state index in [-0.39, 0.29) is 17.1 Å². The molecule has 1 aromatic rings. The van der Waals surface area contributed by atoms with Gasteiger partial charge in [-0.05, 0) is 68.9 Å². The number of halogens is 2. The van der Waals surface area contributed by atoms with Crippen molar-refractivity contribution in [2.24, 2.45) is 5.92 Å². The number of ether oxygens (including phenoxy) is 3. The minimum absolute atomic E-state index is 0.0131. The smallest absolute Gasteiger partial charge is 0.387 e. The number of benzene rings is 1. The summed E-state index contributed by atoms with van der Waals surface area (Å²) in [5, 5.41) is 0. The lowest BCUT2D eigenvalue weighted by atomic mass is 9.85. The summed E-state index contributed by atoms with van der Waals surface area (Å²) >= 11 is 0. The molecule has 2 aliphatic rings. The van der Waals surface area contributed by atoms with Crippen LogP contribution in [0.3, 0.4) is 0 Å². The van der Waals surface area contributed by atoms with Crippen LogP contribution < -0.4 is 9.47 Å². The molecular formula is C34H51F2NO4. The molecule has 0 spiro atoms. The van der Waals surface area contributed by atoms with Gasteiger partial charge >= 0.3 is 6.61 Å². The maximum atomic E-state index is 13.2. The minimum Gasteiger partial charge on any atom is -0.496 e. The predicted molar refractivity (Wildman–Crippen MR) is 165 cm³/mol. The normalized spacial score (nSPS) is 16.0. The lowest BCUT2D eigenvalue weighted by Crippen LogP contribution is -2.33. The van der Waals surface area contributed by atoms with Crippen LogP contribution >= 0.6 is 0 Å². The van der Waals surface area contributed by atoms with E-state index in [1.165, 1.54) is 32.9 Å². The van der Waals surface area contributed by atoms with Crippen LogP contribution in [0, 0.1) is 5.92 Å². The maximum absolute atomic E-state index is 13.2. The quantitative estimate of drug-likeness (QED) is 0.232. The Morgan fingerprint density at radius 3 is 2.12 bits per heavy atom. The van der Waals surface area contributed by atoms with E-state index in [0.717, 1.165) is 48.6 Å². The van der Waals surface area contributed by atoms with Crippen LogP contribution in [0.1, 0.15) is 110 Å². The van der Waals surface area contributed by atoms with Crippen LogP contribution in [0.2, 0.25) is 0 Å². The van der Waals surface area contributed by atoms with Crippen LogP contribution in [0.25, 0.3) is 5.70 Å². The SMILES string of the molecule is C/C=C(/c1cc(OC)c(C(C)=O)c(OC(F)F)c1)N1C=CC(C(CC)(CC)OC)=C/C1=C\CCC.CC.CC1CC1. The second kappa shape index (κ2) is 17.8. The number of Topliss-reactive ketones (excluding diaryl/α,β-unsaturated/α-hetero) is 1. The number of nitrogens with zero attached hydrogens (tertiary/aromatic N) is 1. The van der Waals surface area contributed by atoms with Crippen molar-refractivity contribution in [3.8, 4) is 11.5 Å². The maximum Gasteiger partial charge on any atom is 0.387 e. The first kappa shape index (κ1) is 36.1. The Bertz CT molecular complexity index is 1090. The van der Waals surface area contributed by atoms with E-state index in [9.17, 15) is 13.6 Å². The first-order valence-corrected chi connectivity index (χ1v) is 14.9. The van der Waals surface area contributed by atoms with Crippen LogP contribution in [0.5, 0.6) is 11.5 Å². The molecule has 230 valence electrons. The van der Waals surface area contributed by atoms with Crippen molar-refractivity contribution in [1.29, 1.82) is 0 Å². The summed E-state index contributed by atoms with van der Waals surface area (Å²) in [5.74, 6) is 0.625. The van der Waals surface area contributed by atoms with Crippen molar-refractivity contribution in [3.63, 3.8) is 0 Å². The van der Waals surface area contributed by atoms with Gasteiger partial charge in [-0.15, -0.1) is 0 Å². The number of rotatable bonds is 12. The molecule has 0 atom stereocenters. The van der Waals surface area contributed by atoms with Crippen molar-refractivity contribution in [2.75, 3.05) is 14.2 Å². The molecule has 1 aliphatic carbocycles. The van der Waals surface area contributed by atoms with Crippen molar-refractivity contribution in [3.05, 3.63) is 65.0 Å². The van der Waals surface area contributed by atoms with E-state index in [0.29, 0.717) is 5.56 Å². The number of alkyl halides is 2. The molecule has 41 heavy (non-hydrogen) atoms. The number of allylic oxidation sites excluding steroid dienone is 3. The van der Waals surface area contributed by atoms with E-state index in [1.54, 1.807) is 13.2 Å². The summed E-state index contributed by atoms with van der Waals surface area (Å²) in [4.78, 5) is 14.2. The van der Waals surface area contributed by atoms with Crippen molar-refractivity contribution >= 4 is 11.5 Å². The number of hydrogen-bond donors (Lipinski definition) is 0. The predicted octanol–water partition coefficient (Wildman–Crippen LogP) is 9.95. The third-order valence-corrected chi connectivity index (χ3v) is 7.23. The molecular weight excluding hydrogens is 524 g/mol. The third-order valence-electron chi connectivity index (χ3n) is 7.23. The van der Waals surface area contributed by atoms with Gasteiger partial charge in [0.1, 0.15) is 17.1 Å². The monoisotopic (exact) mass is 575 g/mol. The molecule has 0 aromatic heterocycles. The number of carbonyl (C=O) groups excluding carboxylic acids is 1. The summed E-state index contributed by atoms with van der Waals surface area (Å²) in [5.41, 5.74) is 2.94. The fraction of sp³-hybridized carbons (Fsp3) is 0.559. The van der Waals surface area contributed by atoms with Crippen LogP contribution in [0.15, 0.2) is 53.9 Å². The Balaban J connectivity index is 0.00000126. The molecule has 1 saturated carbocycles. The Kier molecular flexibility index (Phi) is 15.7. The molecule has 1 aromatic carbocycles. The van der Waals surface area contributed by atoms with E-state index in [1.807, 2.05) is 44.0 Å². The molecule has 0 amide bonds. The lowest BCUT2D eigenvalue weighted by Gasteiger charge is -2.36. The van der Waals surface area contributed by atoms with Gasteiger partial charge in [0, 0.05) is 30.3 Å².